The first-order valence-electron chi connectivity index (χ1n) is 7.19. The number of para-hydroxylation sites is 1. The van der Waals surface area contributed by atoms with E-state index in [9.17, 15) is 23.3 Å². The molecule has 0 aliphatic rings. The third kappa shape index (κ3) is 4.85. The monoisotopic (exact) mass is 364 g/mol. The maximum Gasteiger partial charge on any atom is 0.328 e. The van der Waals surface area contributed by atoms with Crippen molar-refractivity contribution in [1.29, 1.82) is 0 Å². The molecule has 9 heteroatoms. The van der Waals surface area contributed by atoms with Gasteiger partial charge in [-0.3, -0.25) is 10.1 Å². The lowest BCUT2D eigenvalue weighted by atomic mass is 10.1. The van der Waals surface area contributed by atoms with E-state index in [1.165, 1.54) is 24.3 Å². The van der Waals surface area contributed by atoms with Crippen LogP contribution in [0.1, 0.15) is 17.2 Å². The summed E-state index contributed by atoms with van der Waals surface area (Å²) >= 11 is 0. The number of sulfonamides is 1. The van der Waals surface area contributed by atoms with Crippen molar-refractivity contribution in [3.05, 3.63) is 75.8 Å². The predicted octanol–water partition coefficient (Wildman–Crippen LogP) is 1.93. The first-order valence-corrected chi connectivity index (χ1v) is 8.84. The quantitative estimate of drug-likeness (QED) is 0.456. The van der Waals surface area contributed by atoms with Gasteiger partial charge in [-0.05, 0) is 5.56 Å². The van der Waals surface area contributed by atoms with Crippen molar-refractivity contribution in [1.82, 2.24) is 4.72 Å². The summed E-state index contributed by atoms with van der Waals surface area (Å²) in [6.07, 6.45) is 0. The van der Waals surface area contributed by atoms with Crippen molar-refractivity contribution in [2.75, 3.05) is 7.11 Å². The summed E-state index contributed by atoms with van der Waals surface area (Å²) in [5, 5.41) is 11.0. The molecule has 0 radical (unpaired) electrons. The lowest BCUT2D eigenvalue weighted by Crippen LogP contribution is -2.35. The van der Waals surface area contributed by atoms with Gasteiger partial charge < -0.3 is 4.74 Å². The van der Waals surface area contributed by atoms with Crippen molar-refractivity contribution in [3.8, 4) is 0 Å². The zero-order chi connectivity index (χ0) is 18.4. The van der Waals surface area contributed by atoms with E-state index in [1.54, 1.807) is 30.3 Å². The Kier molecular flexibility index (Phi) is 5.84. The number of ether oxygens (including phenoxy) is 1. The Bertz CT molecular complexity index is 867. The number of benzene rings is 2. The van der Waals surface area contributed by atoms with Crippen LogP contribution in [-0.4, -0.2) is 26.4 Å². The minimum Gasteiger partial charge on any atom is -0.468 e. The maximum atomic E-state index is 12.4. The number of hydrogen-bond donors (Lipinski definition) is 1. The van der Waals surface area contributed by atoms with Crippen LogP contribution in [0.4, 0.5) is 5.69 Å². The maximum absolute atomic E-state index is 12.4. The molecule has 25 heavy (non-hydrogen) atoms. The first kappa shape index (κ1) is 18.6. The molecule has 0 aliphatic carbocycles. The van der Waals surface area contributed by atoms with Gasteiger partial charge >= 0.3 is 5.97 Å². The highest BCUT2D eigenvalue weighted by atomic mass is 32.2. The number of methoxy groups -OCH3 is 1. The standard InChI is InChI=1S/C16H16N2O6S/c1-24-16(19)15(12-7-3-2-4-8-12)17-25(22,23)11-13-9-5-6-10-14(13)18(20)21/h2-10,15,17H,11H2,1H3/t15-/m1/s1. The second-order valence-corrected chi connectivity index (χ2v) is 6.88. The number of nitro benzene ring substituents is 1. The summed E-state index contributed by atoms with van der Waals surface area (Å²) in [4.78, 5) is 22.3. The molecule has 0 heterocycles. The molecule has 0 saturated carbocycles. The average molecular weight is 364 g/mol. The van der Waals surface area contributed by atoms with Crippen LogP contribution in [0.2, 0.25) is 0 Å². The molecule has 0 fully saturated rings. The second-order valence-electron chi connectivity index (χ2n) is 5.13. The van der Waals surface area contributed by atoms with Crippen LogP contribution in [0.5, 0.6) is 0 Å². The summed E-state index contributed by atoms with van der Waals surface area (Å²) in [5.41, 5.74) is 0.124. The van der Waals surface area contributed by atoms with Crippen LogP contribution < -0.4 is 4.72 Å². The highest BCUT2D eigenvalue weighted by Gasteiger charge is 2.28. The summed E-state index contributed by atoms with van der Waals surface area (Å²) in [7, 11) is -2.90. The fourth-order valence-electron chi connectivity index (χ4n) is 2.25. The van der Waals surface area contributed by atoms with Gasteiger partial charge in [0.2, 0.25) is 10.0 Å². The lowest BCUT2D eigenvalue weighted by Gasteiger charge is -2.17. The van der Waals surface area contributed by atoms with Crippen molar-refractivity contribution in [2.45, 2.75) is 11.8 Å². The molecule has 0 amide bonds. The number of nitro groups is 1. The van der Waals surface area contributed by atoms with Gasteiger partial charge in [-0.2, -0.15) is 4.72 Å². The van der Waals surface area contributed by atoms with Gasteiger partial charge in [-0.1, -0.05) is 48.5 Å². The van der Waals surface area contributed by atoms with Gasteiger partial charge in [0.25, 0.3) is 5.69 Å². The van der Waals surface area contributed by atoms with Crippen LogP contribution in [-0.2, 0) is 25.3 Å². The van der Waals surface area contributed by atoms with E-state index in [1.807, 2.05) is 0 Å². The van der Waals surface area contributed by atoms with E-state index < -0.39 is 32.7 Å². The second kappa shape index (κ2) is 7.86. The molecule has 0 aliphatic heterocycles. The Morgan fingerprint density at radius 3 is 2.36 bits per heavy atom. The molecule has 1 atom stereocenters. The average Bonchev–Trinajstić information content (AvgIpc) is 2.59. The van der Waals surface area contributed by atoms with Crippen LogP contribution in [0.3, 0.4) is 0 Å². The van der Waals surface area contributed by atoms with Crippen LogP contribution in [0.15, 0.2) is 54.6 Å². The largest absolute Gasteiger partial charge is 0.468 e. The first-order chi connectivity index (χ1) is 11.8. The Balaban J connectivity index is 2.30. The van der Waals surface area contributed by atoms with E-state index in [2.05, 4.69) is 9.46 Å². The molecule has 0 aromatic heterocycles. The molecule has 0 unspecified atom stereocenters. The Hall–Kier alpha value is -2.78. The Labute approximate surface area is 144 Å². The van der Waals surface area contributed by atoms with E-state index in [0.717, 1.165) is 7.11 Å². The fourth-order valence-corrected chi connectivity index (χ4v) is 3.58. The molecule has 1 N–H and O–H groups in total. The summed E-state index contributed by atoms with van der Waals surface area (Å²) in [6, 6.07) is 12.5. The zero-order valence-electron chi connectivity index (χ0n) is 13.3. The van der Waals surface area contributed by atoms with Gasteiger partial charge in [-0.15, -0.1) is 0 Å². The van der Waals surface area contributed by atoms with Crippen LogP contribution in [0.25, 0.3) is 0 Å². The number of nitrogens with zero attached hydrogens (tertiary/aromatic N) is 1. The highest BCUT2D eigenvalue weighted by Crippen LogP contribution is 2.22. The smallest absolute Gasteiger partial charge is 0.328 e. The number of hydrogen-bond acceptors (Lipinski definition) is 6. The Morgan fingerprint density at radius 1 is 1.16 bits per heavy atom. The lowest BCUT2D eigenvalue weighted by molar-refractivity contribution is -0.385. The van der Waals surface area contributed by atoms with Crippen molar-refractivity contribution < 1.29 is 22.9 Å². The molecule has 2 aromatic rings. The molecule has 2 rings (SSSR count). The number of esters is 1. The van der Waals surface area contributed by atoms with Crippen molar-refractivity contribution >= 4 is 21.7 Å². The highest BCUT2D eigenvalue weighted by molar-refractivity contribution is 7.88. The van der Waals surface area contributed by atoms with Gasteiger partial charge in [0.15, 0.2) is 0 Å². The van der Waals surface area contributed by atoms with Gasteiger partial charge in [0, 0.05) is 11.6 Å². The van der Waals surface area contributed by atoms with Gasteiger partial charge in [-0.25, -0.2) is 13.2 Å². The summed E-state index contributed by atoms with van der Waals surface area (Å²) < 4.78 is 31.8. The number of carbonyl (C=O) groups is 1. The van der Waals surface area contributed by atoms with E-state index in [0.29, 0.717) is 5.56 Å². The summed E-state index contributed by atoms with van der Waals surface area (Å²) in [5.74, 6) is -1.41. The van der Waals surface area contributed by atoms with Gasteiger partial charge in [0.05, 0.1) is 17.8 Å². The SMILES string of the molecule is COC(=O)[C@H](NS(=O)(=O)Cc1ccccc1[N+](=O)[O-])c1ccccc1. The molecule has 0 spiro atoms. The third-order valence-corrected chi connectivity index (χ3v) is 4.69. The third-order valence-electron chi connectivity index (χ3n) is 3.40. The van der Waals surface area contributed by atoms with E-state index in [4.69, 9.17) is 0 Å². The van der Waals surface area contributed by atoms with Gasteiger partial charge in [0.1, 0.15) is 6.04 Å². The fraction of sp³-hybridized carbons (Fsp3) is 0.188. The topological polar surface area (TPSA) is 116 Å². The zero-order valence-corrected chi connectivity index (χ0v) is 14.1. The molecule has 0 bridgehead atoms. The minimum atomic E-state index is -4.05. The number of rotatable bonds is 7. The van der Waals surface area contributed by atoms with E-state index >= 15 is 0 Å². The molecular weight excluding hydrogens is 348 g/mol. The number of nitrogens with one attached hydrogen (secondary N) is 1. The van der Waals surface area contributed by atoms with Crippen molar-refractivity contribution in [3.63, 3.8) is 0 Å². The molecular formula is C16H16N2O6S. The minimum absolute atomic E-state index is 0.0247. The van der Waals surface area contributed by atoms with E-state index in [-0.39, 0.29) is 11.3 Å². The normalized spacial score (nSPS) is 12.4. The van der Waals surface area contributed by atoms with Crippen molar-refractivity contribution in [2.24, 2.45) is 0 Å². The number of carbonyl (C=O) groups excluding carboxylic acids is 1. The van der Waals surface area contributed by atoms with Crippen LogP contribution in [0, 0.1) is 10.1 Å². The molecule has 8 nitrogen and oxygen atoms in total. The predicted molar refractivity (Wildman–Crippen MR) is 90.1 cm³/mol. The molecule has 0 saturated heterocycles. The van der Waals surface area contributed by atoms with Crippen LogP contribution >= 0.6 is 0 Å². The Morgan fingerprint density at radius 2 is 1.76 bits per heavy atom. The molecule has 2 aromatic carbocycles. The summed E-state index contributed by atoms with van der Waals surface area (Å²) in [6.45, 7) is 0. The molecule has 132 valence electrons.